The van der Waals surface area contributed by atoms with E-state index in [2.05, 4.69) is 51.8 Å². The fourth-order valence-electron chi connectivity index (χ4n) is 2.38. The van der Waals surface area contributed by atoms with Crippen LogP contribution in [0.2, 0.25) is 0 Å². The van der Waals surface area contributed by atoms with Crippen LogP contribution in [-0.2, 0) is 6.42 Å². The van der Waals surface area contributed by atoms with Gasteiger partial charge in [0.2, 0.25) is 5.95 Å². The highest BCUT2D eigenvalue weighted by Crippen LogP contribution is 2.26. The van der Waals surface area contributed by atoms with E-state index in [4.69, 9.17) is 0 Å². The highest BCUT2D eigenvalue weighted by Gasteiger charge is 2.11. The van der Waals surface area contributed by atoms with Crippen molar-refractivity contribution in [1.29, 1.82) is 0 Å². The van der Waals surface area contributed by atoms with Crippen LogP contribution in [0.1, 0.15) is 20.8 Å². The van der Waals surface area contributed by atoms with Crippen LogP contribution in [0.5, 0.6) is 0 Å². The first kappa shape index (κ1) is 17.1. The second-order valence-electron chi connectivity index (χ2n) is 5.67. The molecule has 0 aliphatic heterocycles. The average molecular weight is 352 g/mol. The summed E-state index contributed by atoms with van der Waals surface area (Å²) in [6.07, 6.45) is 2.52. The summed E-state index contributed by atoms with van der Waals surface area (Å²) in [5.41, 5.74) is 3.27. The molecule has 0 fully saturated rings. The number of carbonyl (C=O) groups excluding carboxylic acids is 1. The molecule has 0 radical (unpaired) electrons. The summed E-state index contributed by atoms with van der Waals surface area (Å²) in [5, 5.41) is 5.89. The van der Waals surface area contributed by atoms with Gasteiger partial charge in [0, 0.05) is 19.8 Å². The Bertz CT molecular complexity index is 858. The number of benzene rings is 1. The maximum absolute atomic E-state index is 12.3. The molecule has 0 unspecified atom stereocenters. The Morgan fingerprint density at radius 2 is 1.92 bits per heavy atom. The van der Waals surface area contributed by atoms with Gasteiger partial charge in [-0.25, -0.2) is 9.97 Å². The van der Waals surface area contributed by atoms with Crippen LogP contribution in [0.4, 0.5) is 5.95 Å². The van der Waals surface area contributed by atoms with E-state index >= 15 is 0 Å². The predicted molar refractivity (Wildman–Crippen MR) is 102 cm³/mol. The van der Waals surface area contributed by atoms with Gasteiger partial charge in [-0.05, 0) is 37.1 Å². The Kier molecular flexibility index (Phi) is 5.40. The van der Waals surface area contributed by atoms with Crippen LogP contribution >= 0.6 is 11.3 Å². The van der Waals surface area contributed by atoms with Crippen molar-refractivity contribution < 1.29 is 4.79 Å². The standard InChI is InChI=1S/C19H20N4OS/c1-13-3-5-14(6-4-13)9-11-21-18(24)17-8-7-16(25-17)15-10-12-22-19(20-2)23-15/h3-8,10,12H,9,11H2,1-2H3,(H,21,24)(H,20,22,23). The largest absolute Gasteiger partial charge is 0.357 e. The number of anilines is 1. The molecule has 3 rings (SSSR count). The second kappa shape index (κ2) is 7.90. The molecular formula is C19H20N4OS. The Hall–Kier alpha value is -2.73. The van der Waals surface area contributed by atoms with Crippen molar-refractivity contribution in [2.24, 2.45) is 0 Å². The molecule has 0 aliphatic rings. The third-order valence-corrected chi connectivity index (χ3v) is 4.89. The highest BCUT2D eigenvalue weighted by molar-refractivity contribution is 7.17. The van der Waals surface area contributed by atoms with Crippen LogP contribution in [0.25, 0.3) is 10.6 Å². The normalized spacial score (nSPS) is 10.5. The van der Waals surface area contributed by atoms with Crippen molar-refractivity contribution in [2.75, 3.05) is 18.9 Å². The van der Waals surface area contributed by atoms with Crippen molar-refractivity contribution in [2.45, 2.75) is 13.3 Å². The number of nitrogens with zero attached hydrogens (tertiary/aromatic N) is 2. The number of nitrogens with one attached hydrogen (secondary N) is 2. The van der Waals surface area contributed by atoms with Gasteiger partial charge in [0.15, 0.2) is 0 Å². The van der Waals surface area contributed by atoms with Crippen molar-refractivity contribution >= 4 is 23.2 Å². The molecule has 128 valence electrons. The van der Waals surface area contributed by atoms with Crippen LogP contribution in [0.15, 0.2) is 48.7 Å². The smallest absolute Gasteiger partial charge is 0.261 e. The molecule has 0 saturated carbocycles. The first-order valence-electron chi connectivity index (χ1n) is 8.10. The van der Waals surface area contributed by atoms with E-state index in [9.17, 15) is 4.79 Å². The lowest BCUT2D eigenvalue weighted by Gasteiger charge is -2.04. The molecule has 1 amide bonds. The molecule has 0 atom stereocenters. The summed E-state index contributed by atoms with van der Waals surface area (Å²) in [6.45, 7) is 2.68. The number of thiophene rings is 1. The molecule has 0 bridgehead atoms. The molecule has 25 heavy (non-hydrogen) atoms. The van der Waals surface area contributed by atoms with E-state index in [-0.39, 0.29) is 5.91 Å². The van der Waals surface area contributed by atoms with E-state index in [0.717, 1.165) is 17.0 Å². The second-order valence-corrected chi connectivity index (χ2v) is 6.75. The van der Waals surface area contributed by atoms with Gasteiger partial charge in [0.25, 0.3) is 5.91 Å². The predicted octanol–water partition coefficient (Wildman–Crippen LogP) is 3.53. The van der Waals surface area contributed by atoms with Crippen molar-refractivity contribution in [3.63, 3.8) is 0 Å². The summed E-state index contributed by atoms with van der Waals surface area (Å²) in [7, 11) is 1.78. The molecular weight excluding hydrogens is 332 g/mol. The molecule has 0 spiro atoms. The lowest BCUT2D eigenvalue weighted by molar-refractivity contribution is 0.0958. The highest BCUT2D eigenvalue weighted by atomic mass is 32.1. The summed E-state index contributed by atoms with van der Waals surface area (Å²) in [5.74, 6) is 0.515. The zero-order valence-corrected chi connectivity index (χ0v) is 15.1. The number of hydrogen-bond donors (Lipinski definition) is 2. The van der Waals surface area contributed by atoms with Gasteiger partial charge in [0.1, 0.15) is 0 Å². The molecule has 6 heteroatoms. The van der Waals surface area contributed by atoms with Gasteiger partial charge in [-0.3, -0.25) is 4.79 Å². The first-order chi connectivity index (χ1) is 12.2. The minimum atomic E-state index is -0.0498. The van der Waals surface area contributed by atoms with Crippen LogP contribution < -0.4 is 10.6 Å². The molecule has 3 aromatic rings. The van der Waals surface area contributed by atoms with Crippen LogP contribution in [0.3, 0.4) is 0 Å². The lowest BCUT2D eigenvalue weighted by atomic mass is 10.1. The summed E-state index contributed by atoms with van der Waals surface area (Å²) >= 11 is 1.43. The SMILES string of the molecule is CNc1nccc(-c2ccc(C(=O)NCCc3ccc(C)cc3)s2)n1. The first-order valence-corrected chi connectivity index (χ1v) is 8.92. The zero-order chi connectivity index (χ0) is 17.6. The van der Waals surface area contributed by atoms with Crippen LogP contribution in [-0.4, -0.2) is 29.5 Å². The van der Waals surface area contributed by atoms with Gasteiger partial charge < -0.3 is 10.6 Å². The molecule has 0 aliphatic carbocycles. The fraction of sp³-hybridized carbons (Fsp3) is 0.211. The van der Waals surface area contributed by atoms with Gasteiger partial charge in [0.05, 0.1) is 15.4 Å². The summed E-state index contributed by atoms with van der Waals surface area (Å²) in [6, 6.07) is 14.0. The Balaban J connectivity index is 1.59. The maximum atomic E-state index is 12.3. The molecule has 2 aromatic heterocycles. The third kappa shape index (κ3) is 4.42. The molecule has 5 nitrogen and oxygen atoms in total. The van der Waals surface area contributed by atoms with Crippen molar-refractivity contribution in [1.82, 2.24) is 15.3 Å². The Morgan fingerprint density at radius 1 is 1.12 bits per heavy atom. The number of aromatic nitrogens is 2. The van der Waals surface area contributed by atoms with Gasteiger partial charge >= 0.3 is 0 Å². The molecule has 1 aromatic carbocycles. The number of amides is 1. The van der Waals surface area contributed by atoms with Gasteiger partial charge in [-0.1, -0.05) is 29.8 Å². The van der Waals surface area contributed by atoms with Crippen molar-refractivity contribution in [3.8, 4) is 10.6 Å². The summed E-state index contributed by atoms with van der Waals surface area (Å²) in [4.78, 5) is 22.4. The quantitative estimate of drug-likeness (QED) is 0.712. The maximum Gasteiger partial charge on any atom is 0.261 e. The van der Waals surface area contributed by atoms with Crippen molar-refractivity contribution in [3.05, 3.63) is 64.7 Å². The number of rotatable bonds is 6. The third-order valence-electron chi connectivity index (χ3n) is 3.78. The fourth-order valence-corrected chi connectivity index (χ4v) is 3.27. The molecule has 0 saturated heterocycles. The van der Waals surface area contributed by atoms with E-state index in [0.29, 0.717) is 17.4 Å². The van der Waals surface area contributed by atoms with E-state index < -0.39 is 0 Å². The molecule has 2 N–H and O–H groups in total. The topological polar surface area (TPSA) is 66.9 Å². The number of hydrogen-bond acceptors (Lipinski definition) is 5. The van der Waals surface area contributed by atoms with E-state index in [1.807, 2.05) is 18.2 Å². The van der Waals surface area contributed by atoms with E-state index in [1.54, 1.807) is 13.2 Å². The number of aryl methyl sites for hydroxylation is 1. The lowest BCUT2D eigenvalue weighted by Crippen LogP contribution is -2.24. The zero-order valence-electron chi connectivity index (χ0n) is 14.2. The van der Waals surface area contributed by atoms with Gasteiger partial charge in [-0.2, -0.15) is 0 Å². The van der Waals surface area contributed by atoms with E-state index in [1.165, 1.54) is 22.5 Å². The number of carbonyl (C=O) groups is 1. The van der Waals surface area contributed by atoms with Crippen LogP contribution in [0, 0.1) is 6.92 Å². The monoisotopic (exact) mass is 352 g/mol. The summed E-state index contributed by atoms with van der Waals surface area (Å²) < 4.78 is 0. The minimum Gasteiger partial charge on any atom is -0.357 e. The van der Waals surface area contributed by atoms with Gasteiger partial charge in [-0.15, -0.1) is 11.3 Å². The Morgan fingerprint density at radius 3 is 2.68 bits per heavy atom. The minimum absolute atomic E-state index is 0.0498. The molecule has 2 heterocycles. The Labute approximate surface area is 151 Å². The average Bonchev–Trinajstić information content (AvgIpc) is 3.14.